The van der Waals surface area contributed by atoms with Crippen LogP contribution in [0.4, 0.5) is 0 Å². The predicted molar refractivity (Wildman–Crippen MR) is 125 cm³/mol. The molecular weight excluding hydrogens is 400 g/mol. The quantitative estimate of drug-likeness (QED) is 0.379. The van der Waals surface area contributed by atoms with Gasteiger partial charge in [0.15, 0.2) is 5.78 Å². The molecule has 176 valence electrons. The van der Waals surface area contributed by atoms with E-state index in [2.05, 4.69) is 31.2 Å². The molecule has 6 atom stereocenters. The van der Waals surface area contributed by atoms with Gasteiger partial charge in [-0.15, -0.1) is 0 Å². The molecule has 0 aromatic carbocycles. The first kappa shape index (κ1) is 22.3. The number of hydrogen-bond acceptors (Lipinski definition) is 5. The summed E-state index contributed by atoms with van der Waals surface area (Å²) < 4.78 is 0. The number of ketones is 1. The molecule has 1 saturated heterocycles. The summed E-state index contributed by atoms with van der Waals surface area (Å²) in [5.41, 5.74) is 2.93. The van der Waals surface area contributed by atoms with E-state index in [0.29, 0.717) is 23.5 Å². The van der Waals surface area contributed by atoms with E-state index >= 15 is 0 Å². The molecule has 1 aliphatic heterocycles. The smallest absolute Gasteiger partial charge is 0.318 e. The molecule has 5 aliphatic rings. The van der Waals surface area contributed by atoms with Crippen LogP contribution in [-0.4, -0.2) is 30.6 Å². The van der Waals surface area contributed by atoms with Crippen LogP contribution in [0.5, 0.6) is 0 Å². The third-order valence-electron chi connectivity index (χ3n) is 10.4. The third kappa shape index (κ3) is 3.59. The van der Waals surface area contributed by atoms with Crippen molar-refractivity contribution in [2.45, 2.75) is 85.0 Å². The van der Waals surface area contributed by atoms with Gasteiger partial charge in [-0.05, 0) is 112 Å². The monoisotopic (exact) mass is 440 g/mol. The van der Waals surface area contributed by atoms with Gasteiger partial charge in [-0.1, -0.05) is 24.6 Å². The average Bonchev–Trinajstić information content (AvgIpc) is 3.15. The number of oxime groups is 1. The minimum Gasteiger partial charge on any atom is -0.318 e. The number of nitrogens with one attached hydrogen (secondary N) is 1. The molecule has 0 aromatic heterocycles. The summed E-state index contributed by atoms with van der Waals surface area (Å²) in [4.78, 5) is 30.0. The van der Waals surface area contributed by atoms with E-state index in [1.807, 2.05) is 6.08 Å². The summed E-state index contributed by atoms with van der Waals surface area (Å²) in [7, 11) is 0. The second-order valence-corrected chi connectivity index (χ2v) is 11.8. The molecule has 3 saturated carbocycles. The second kappa shape index (κ2) is 8.38. The summed E-state index contributed by atoms with van der Waals surface area (Å²) in [6, 6.07) is 0. The maximum Gasteiger partial charge on any atom is 0.338 e. The SMILES string of the molecule is C/C(=N\OC(=O)C1CCNCC1)[C@H]1CC[C@H]2C3CCC4=CC(=O)CC[C@]4(C)C3CC[C@]12C. The van der Waals surface area contributed by atoms with Crippen LogP contribution in [0.25, 0.3) is 0 Å². The van der Waals surface area contributed by atoms with E-state index in [-0.39, 0.29) is 22.7 Å². The Morgan fingerprint density at radius 2 is 1.81 bits per heavy atom. The first-order chi connectivity index (χ1) is 15.3. The lowest BCUT2D eigenvalue weighted by atomic mass is 9.46. The van der Waals surface area contributed by atoms with E-state index in [1.54, 1.807) is 0 Å². The maximum absolute atomic E-state index is 12.5. The fourth-order valence-electron chi connectivity index (χ4n) is 8.56. The van der Waals surface area contributed by atoms with Gasteiger partial charge in [0.1, 0.15) is 0 Å². The van der Waals surface area contributed by atoms with E-state index < -0.39 is 0 Å². The molecule has 5 nitrogen and oxygen atoms in total. The van der Waals surface area contributed by atoms with Crippen LogP contribution in [0, 0.1) is 40.4 Å². The van der Waals surface area contributed by atoms with Crippen molar-refractivity contribution in [3.63, 3.8) is 0 Å². The zero-order valence-electron chi connectivity index (χ0n) is 20.1. The van der Waals surface area contributed by atoms with Crippen molar-refractivity contribution in [3.05, 3.63) is 11.6 Å². The number of hydrogen-bond donors (Lipinski definition) is 1. The van der Waals surface area contributed by atoms with Crippen molar-refractivity contribution in [3.8, 4) is 0 Å². The number of allylic oxidation sites excluding steroid dienone is 1. The van der Waals surface area contributed by atoms with Gasteiger partial charge in [0, 0.05) is 12.3 Å². The molecule has 4 fully saturated rings. The number of carbonyl (C=O) groups excluding carboxylic acids is 2. The van der Waals surface area contributed by atoms with Crippen LogP contribution in [0.1, 0.15) is 85.0 Å². The number of fused-ring (bicyclic) bond motifs is 5. The molecule has 0 amide bonds. The Labute approximate surface area is 192 Å². The number of piperidine rings is 1. The van der Waals surface area contributed by atoms with Crippen molar-refractivity contribution in [2.24, 2.45) is 45.6 Å². The molecule has 0 spiro atoms. The van der Waals surface area contributed by atoms with Crippen LogP contribution in [0.2, 0.25) is 0 Å². The molecule has 5 heteroatoms. The van der Waals surface area contributed by atoms with E-state index in [9.17, 15) is 9.59 Å². The molecule has 4 aliphatic carbocycles. The lowest BCUT2D eigenvalue weighted by Gasteiger charge is -2.58. The largest absolute Gasteiger partial charge is 0.338 e. The van der Waals surface area contributed by atoms with Crippen molar-refractivity contribution in [2.75, 3.05) is 13.1 Å². The van der Waals surface area contributed by atoms with Gasteiger partial charge in [0.05, 0.1) is 11.6 Å². The topological polar surface area (TPSA) is 67.8 Å². The molecule has 1 N–H and O–H groups in total. The Hall–Kier alpha value is -1.49. The highest BCUT2D eigenvalue weighted by Gasteiger charge is 2.59. The van der Waals surface area contributed by atoms with E-state index in [1.165, 1.54) is 31.3 Å². The number of nitrogens with zero attached hydrogens (tertiary/aromatic N) is 1. The lowest BCUT2D eigenvalue weighted by molar-refractivity contribution is -0.149. The van der Waals surface area contributed by atoms with E-state index in [4.69, 9.17) is 4.84 Å². The molecule has 5 rings (SSSR count). The highest BCUT2D eigenvalue weighted by molar-refractivity contribution is 5.91. The Morgan fingerprint density at radius 1 is 1.03 bits per heavy atom. The van der Waals surface area contributed by atoms with Gasteiger partial charge in [-0.2, -0.15) is 0 Å². The van der Waals surface area contributed by atoms with Gasteiger partial charge in [0.25, 0.3) is 0 Å². The van der Waals surface area contributed by atoms with Crippen molar-refractivity contribution in [1.29, 1.82) is 0 Å². The fourth-order valence-corrected chi connectivity index (χ4v) is 8.56. The van der Waals surface area contributed by atoms with Gasteiger partial charge < -0.3 is 10.2 Å². The minimum absolute atomic E-state index is 0.0113. The lowest BCUT2D eigenvalue weighted by Crippen LogP contribution is -2.51. The maximum atomic E-state index is 12.5. The Bertz CT molecular complexity index is 842. The molecule has 2 unspecified atom stereocenters. The van der Waals surface area contributed by atoms with Crippen molar-refractivity contribution >= 4 is 17.5 Å². The van der Waals surface area contributed by atoms with Gasteiger partial charge in [0.2, 0.25) is 0 Å². The van der Waals surface area contributed by atoms with Crippen molar-refractivity contribution < 1.29 is 14.4 Å². The average molecular weight is 441 g/mol. The molecular formula is C27H40N2O3. The molecule has 0 radical (unpaired) electrons. The second-order valence-electron chi connectivity index (χ2n) is 11.8. The minimum atomic E-state index is -0.152. The number of carbonyl (C=O) groups is 2. The van der Waals surface area contributed by atoms with Gasteiger partial charge in [-0.3, -0.25) is 4.79 Å². The zero-order valence-corrected chi connectivity index (χ0v) is 20.1. The molecule has 1 heterocycles. The summed E-state index contributed by atoms with van der Waals surface area (Å²) in [6.07, 6.45) is 12.7. The summed E-state index contributed by atoms with van der Waals surface area (Å²) in [5, 5.41) is 7.71. The highest BCUT2D eigenvalue weighted by atomic mass is 16.7. The molecule has 0 bridgehead atoms. The first-order valence-corrected chi connectivity index (χ1v) is 13.0. The van der Waals surface area contributed by atoms with Crippen molar-refractivity contribution in [1.82, 2.24) is 5.32 Å². The van der Waals surface area contributed by atoms with E-state index in [0.717, 1.165) is 63.2 Å². The summed E-state index contributed by atoms with van der Waals surface area (Å²) in [6.45, 7) is 8.78. The highest BCUT2D eigenvalue weighted by Crippen LogP contribution is 2.66. The number of rotatable bonds is 3. The normalized spacial score (nSPS) is 42.5. The van der Waals surface area contributed by atoms with Crippen LogP contribution in [-0.2, 0) is 14.4 Å². The molecule has 0 aromatic rings. The van der Waals surface area contributed by atoms with Crippen LogP contribution < -0.4 is 5.32 Å². The fraction of sp³-hybridized carbons (Fsp3) is 0.815. The Balaban J connectivity index is 1.30. The summed E-state index contributed by atoms with van der Waals surface area (Å²) in [5.74, 6) is 2.76. The predicted octanol–water partition coefficient (Wildman–Crippen LogP) is 5.05. The third-order valence-corrected chi connectivity index (χ3v) is 10.4. The zero-order chi connectivity index (χ0) is 22.5. The van der Waals surface area contributed by atoms with Crippen LogP contribution in [0.15, 0.2) is 16.8 Å². The first-order valence-electron chi connectivity index (χ1n) is 13.0. The standard InChI is InChI=1S/C27H40N2O3/c1-17(29-32-25(31)18-10-14-28-15-11-18)22-6-7-23-21-5-4-19-16-20(30)8-12-26(19,2)24(21)9-13-27(22,23)3/h16,18,21-24,28H,4-15H2,1-3H3/b29-17+/t21?,22-,23+,24?,26+,27-/m1/s1. The Kier molecular flexibility index (Phi) is 5.84. The van der Waals surface area contributed by atoms with Gasteiger partial charge >= 0.3 is 5.97 Å². The Morgan fingerprint density at radius 3 is 2.59 bits per heavy atom. The van der Waals surface area contributed by atoms with Crippen LogP contribution in [0.3, 0.4) is 0 Å². The van der Waals surface area contributed by atoms with Gasteiger partial charge in [-0.25, -0.2) is 4.79 Å². The molecule has 32 heavy (non-hydrogen) atoms. The summed E-state index contributed by atoms with van der Waals surface area (Å²) >= 11 is 0. The van der Waals surface area contributed by atoms with Crippen LogP contribution >= 0.6 is 0 Å².